The number of benzene rings is 2. The summed E-state index contributed by atoms with van der Waals surface area (Å²) in [7, 11) is 3.30. The van der Waals surface area contributed by atoms with Crippen LogP contribution in [0.3, 0.4) is 0 Å². The molecule has 0 spiro atoms. The van der Waals surface area contributed by atoms with Gasteiger partial charge in [-0.05, 0) is 56.6 Å². The van der Waals surface area contributed by atoms with Crippen molar-refractivity contribution in [3.63, 3.8) is 0 Å². The topological polar surface area (TPSA) is 69.3 Å². The Kier molecular flexibility index (Phi) is 8.41. The molecule has 7 nitrogen and oxygen atoms in total. The third kappa shape index (κ3) is 6.28. The first-order valence-corrected chi connectivity index (χ1v) is 10.7. The molecule has 0 radical (unpaired) electrons. The quantitative estimate of drug-likeness (QED) is 0.553. The Bertz CT molecular complexity index is 840. The number of hydrogen-bond acceptors (Lipinski definition) is 6. The van der Waals surface area contributed by atoms with Crippen molar-refractivity contribution in [3.8, 4) is 23.0 Å². The van der Waals surface area contributed by atoms with Crippen LogP contribution in [0, 0.1) is 0 Å². The van der Waals surface area contributed by atoms with E-state index in [0.717, 1.165) is 47.9 Å². The van der Waals surface area contributed by atoms with Gasteiger partial charge in [-0.15, -0.1) is 0 Å². The molecule has 1 saturated heterocycles. The van der Waals surface area contributed by atoms with Crippen LogP contribution in [0.4, 0.5) is 0 Å². The zero-order valence-corrected chi connectivity index (χ0v) is 18.6. The van der Waals surface area contributed by atoms with Crippen molar-refractivity contribution in [2.75, 3.05) is 47.1 Å². The minimum absolute atomic E-state index is 0.00493. The van der Waals surface area contributed by atoms with E-state index in [4.69, 9.17) is 18.9 Å². The van der Waals surface area contributed by atoms with E-state index in [-0.39, 0.29) is 11.9 Å². The fourth-order valence-electron chi connectivity index (χ4n) is 3.86. The lowest BCUT2D eigenvalue weighted by molar-refractivity contribution is -0.122. The van der Waals surface area contributed by atoms with Crippen molar-refractivity contribution < 1.29 is 23.7 Å². The number of ether oxygens (including phenoxy) is 4. The Labute approximate surface area is 184 Å². The Balaban J connectivity index is 1.46. The number of carbonyl (C=O) groups is 1. The molecule has 3 rings (SSSR count). The smallest absolute Gasteiger partial charge is 0.234 e. The van der Waals surface area contributed by atoms with Crippen LogP contribution in [0.2, 0.25) is 0 Å². The van der Waals surface area contributed by atoms with Gasteiger partial charge >= 0.3 is 0 Å². The van der Waals surface area contributed by atoms with Crippen LogP contribution in [0.1, 0.15) is 31.4 Å². The molecule has 0 bridgehead atoms. The maximum atomic E-state index is 12.5. The first-order chi connectivity index (χ1) is 15.1. The summed E-state index contributed by atoms with van der Waals surface area (Å²) in [6.07, 6.45) is 2.05. The van der Waals surface area contributed by atoms with E-state index in [9.17, 15) is 4.79 Å². The highest BCUT2D eigenvalue weighted by Gasteiger charge is 2.29. The second-order valence-electron chi connectivity index (χ2n) is 7.34. The van der Waals surface area contributed by atoms with Gasteiger partial charge in [0.05, 0.1) is 33.9 Å². The number of amides is 1. The predicted octanol–water partition coefficient (Wildman–Crippen LogP) is 3.43. The molecule has 31 heavy (non-hydrogen) atoms. The van der Waals surface area contributed by atoms with Crippen LogP contribution in [0.15, 0.2) is 42.5 Å². The van der Waals surface area contributed by atoms with Crippen molar-refractivity contribution in [3.05, 3.63) is 48.0 Å². The highest BCUT2D eigenvalue weighted by atomic mass is 16.5. The molecule has 7 heteroatoms. The number of nitrogens with one attached hydrogen (secondary N) is 1. The largest absolute Gasteiger partial charge is 0.497 e. The van der Waals surface area contributed by atoms with Crippen molar-refractivity contribution in [1.82, 2.24) is 10.2 Å². The number of carbonyl (C=O) groups excluding carboxylic acids is 1. The molecule has 1 N–H and O–H groups in total. The van der Waals surface area contributed by atoms with Crippen LogP contribution in [0.25, 0.3) is 0 Å². The highest BCUT2D eigenvalue weighted by Crippen LogP contribution is 2.38. The lowest BCUT2D eigenvalue weighted by Gasteiger charge is -2.25. The van der Waals surface area contributed by atoms with Gasteiger partial charge in [0.15, 0.2) is 0 Å². The fourth-order valence-corrected chi connectivity index (χ4v) is 3.86. The number of nitrogens with zero attached hydrogens (tertiary/aromatic N) is 1. The summed E-state index contributed by atoms with van der Waals surface area (Å²) in [5.41, 5.74) is 1.09. The summed E-state index contributed by atoms with van der Waals surface area (Å²) in [5, 5.41) is 2.95. The van der Waals surface area contributed by atoms with Gasteiger partial charge in [-0.2, -0.15) is 0 Å². The van der Waals surface area contributed by atoms with Crippen molar-refractivity contribution in [1.29, 1.82) is 0 Å². The standard InChI is InChI=1S/C24H32N2O5/c1-4-30-18-7-9-19(10-8-18)31-15-13-25-24(27)17-26-14-5-6-22(26)21-12-11-20(28-2)16-23(21)29-3/h7-12,16,22H,4-6,13-15,17H2,1-3H3,(H,25,27)/t22-/m1/s1. The predicted molar refractivity (Wildman–Crippen MR) is 119 cm³/mol. The van der Waals surface area contributed by atoms with Gasteiger partial charge in [0, 0.05) is 17.7 Å². The number of likely N-dealkylation sites (tertiary alicyclic amines) is 1. The SMILES string of the molecule is CCOc1ccc(OCCNC(=O)CN2CCC[C@@H]2c2ccc(OC)cc2OC)cc1. The normalized spacial score (nSPS) is 16.0. The summed E-state index contributed by atoms with van der Waals surface area (Å²) in [5.74, 6) is 3.12. The van der Waals surface area contributed by atoms with Gasteiger partial charge in [0.1, 0.15) is 29.6 Å². The number of hydrogen-bond donors (Lipinski definition) is 1. The summed E-state index contributed by atoms with van der Waals surface area (Å²) in [6.45, 7) is 4.69. The number of rotatable bonds is 11. The molecule has 1 amide bonds. The first kappa shape index (κ1) is 22.7. The van der Waals surface area contributed by atoms with E-state index < -0.39 is 0 Å². The third-order valence-electron chi connectivity index (χ3n) is 5.34. The summed E-state index contributed by atoms with van der Waals surface area (Å²) < 4.78 is 22.0. The van der Waals surface area contributed by atoms with Gasteiger partial charge in [-0.25, -0.2) is 0 Å². The zero-order chi connectivity index (χ0) is 22.1. The minimum Gasteiger partial charge on any atom is -0.497 e. The molecule has 168 valence electrons. The van der Waals surface area contributed by atoms with Crippen molar-refractivity contribution in [2.24, 2.45) is 0 Å². The van der Waals surface area contributed by atoms with E-state index in [1.54, 1.807) is 14.2 Å². The van der Waals surface area contributed by atoms with E-state index >= 15 is 0 Å². The fraction of sp³-hybridized carbons (Fsp3) is 0.458. The molecule has 0 aliphatic carbocycles. The van der Waals surface area contributed by atoms with Gasteiger partial charge in [0.2, 0.25) is 5.91 Å². The van der Waals surface area contributed by atoms with E-state index in [2.05, 4.69) is 10.2 Å². The van der Waals surface area contributed by atoms with Crippen LogP contribution in [0.5, 0.6) is 23.0 Å². The molecule has 2 aromatic rings. The van der Waals surface area contributed by atoms with Crippen molar-refractivity contribution >= 4 is 5.91 Å². The molecule has 0 saturated carbocycles. The van der Waals surface area contributed by atoms with Crippen LogP contribution < -0.4 is 24.3 Å². The second kappa shape index (κ2) is 11.5. The molecule has 1 aliphatic rings. The minimum atomic E-state index is -0.00493. The molecule has 0 unspecified atom stereocenters. The molecule has 1 aliphatic heterocycles. The van der Waals surface area contributed by atoms with E-state index in [1.165, 1.54) is 0 Å². The van der Waals surface area contributed by atoms with E-state index in [1.807, 2.05) is 49.4 Å². The number of methoxy groups -OCH3 is 2. The van der Waals surface area contributed by atoms with E-state index in [0.29, 0.717) is 26.3 Å². The Hall–Kier alpha value is -2.93. The monoisotopic (exact) mass is 428 g/mol. The maximum Gasteiger partial charge on any atom is 0.234 e. The maximum absolute atomic E-state index is 12.5. The summed E-state index contributed by atoms with van der Waals surface area (Å²) in [6, 6.07) is 13.5. The zero-order valence-electron chi connectivity index (χ0n) is 18.6. The van der Waals surface area contributed by atoms with Gasteiger partial charge in [-0.1, -0.05) is 6.07 Å². The summed E-state index contributed by atoms with van der Waals surface area (Å²) >= 11 is 0. The highest BCUT2D eigenvalue weighted by molar-refractivity contribution is 5.78. The molecule has 1 fully saturated rings. The average molecular weight is 429 g/mol. The summed E-state index contributed by atoms with van der Waals surface area (Å²) in [4.78, 5) is 14.7. The van der Waals surface area contributed by atoms with Gasteiger partial charge < -0.3 is 24.3 Å². The molecule has 0 aromatic heterocycles. The Morgan fingerprint density at radius 3 is 2.42 bits per heavy atom. The molecule has 1 atom stereocenters. The van der Waals surface area contributed by atoms with Crippen LogP contribution >= 0.6 is 0 Å². The third-order valence-corrected chi connectivity index (χ3v) is 5.34. The Morgan fingerprint density at radius 1 is 1.03 bits per heavy atom. The molecular formula is C24H32N2O5. The molecule has 2 aromatic carbocycles. The molecular weight excluding hydrogens is 396 g/mol. The van der Waals surface area contributed by atoms with Crippen LogP contribution in [-0.2, 0) is 4.79 Å². The van der Waals surface area contributed by atoms with Gasteiger partial charge in [-0.3, -0.25) is 9.69 Å². The second-order valence-corrected chi connectivity index (χ2v) is 7.34. The molecule has 1 heterocycles. The van der Waals surface area contributed by atoms with Crippen molar-refractivity contribution in [2.45, 2.75) is 25.8 Å². The lowest BCUT2D eigenvalue weighted by atomic mass is 10.0. The first-order valence-electron chi connectivity index (χ1n) is 10.7. The lowest BCUT2D eigenvalue weighted by Crippen LogP contribution is -2.38. The Morgan fingerprint density at radius 2 is 1.74 bits per heavy atom. The van der Waals surface area contributed by atoms with Crippen LogP contribution in [-0.4, -0.2) is 57.9 Å². The average Bonchev–Trinajstić information content (AvgIpc) is 3.25. The van der Waals surface area contributed by atoms with Gasteiger partial charge in [0.25, 0.3) is 0 Å².